The van der Waals surface area contributed by atoms with E-state index in [1.165, 1.54) is 57.8 Å². The van der Waals surface area contributed by atoms with Crippen molar-refractivity contribution < 1.29 is 19.2 Å². The summed E-state index contributed by atoms with van der Waals surface area (Å²) in [4.78, 5) is 24.1. The molecular weight excluding hydrogens is 388 g/mol. The van der Waals surface area contributed by atoms with Crippen molar-refractivity contribution in [3.63, 3.8) is 0 Å². The van der Waals surface area contributed by atoms with Crippen LogP contribution in [-0.4, -0.2) is 50.6 Å². The first-order valence-electron chi connectivity index (χ1n) is 12.9. The molecule has 3 atom stereocenters. The first kappa shape index (κ1) is 29.9. The number of carboxylic acid groups (broad SMARTS) is 1. The molecule has 0 aromatic carbocycles. The zero-order valence-electron chi connectivity index (χ0n) is 21.5. The van der Waals surface area contributed by atoms with Crippen LogP contribution in [0.2, 0.25) is 0 Å². The molecule has 0 aromatic heterocycles. The molecule has 0 bridgehead atoms. The summed E-state index contributed by atoms with van der Waals surface area (Å²) in [5, 5.41) is 14.6. The van der Waals surface area contributed by atoms with Gasteiger partial charge in [0.15, 0.2) is 0 Å². The molecule has 0 saturated carbocycles. The molecule has 3 unspecified atom stereocenters. The zero-order chi connectivity index (χ0) is 23.7. The lowest BCUT2D eigenvalue weighted by Gasteiger charge is -2.27. The Kier molecular flexibility index (Phi) is 16.8. The molecule has 0 aliphatic carbocycles. The van der Waals surface area contributed by atoms with Crippen LogP contribution in [0, 0.1) is 17.8 Å². The molecule has 0 saturated heterocycles. The first-order valence-corrected chi connectivity index (χ1v) is 12.9. The molecule has 0 heterocycles. The largest absolute Gasteiger partial charge is 0.550 e. The summed E-state index contributed by atoms with van der Waals surface area (Å²) in [6.07, 6.45) is 15.5. The average molecular weight is 441 g/mol. The fraction of sp³-hybridized carbons (Fsp3) is 0.923. The fourth-order valence-corrected chi connectivity index (χ4v) is 4.14. The SMILES string of the molecule is CCCCCCCCCCCCC(C)CC(C(=O)[O-])C(C)C(=O)NCCC[N+](C)(C)C. The summed E-state index contributed by atoms with van der Waals surface area (Å²) in [5.41, 5.74) is 0. The van der Waals surface area contributed by atoms with Gasteiger partial charge in [-0.3, -0.25) is 4.79 Å². The number of quaternary nitrogens is 1. The van der Waals surface area contributed by atoms with E-state index >= 15 is 0 Å². The monoisotopic (exact) mass is 440 g/mol. The predicted molar refractivity (Wildman–Crippen MR) is 128 cm³/mol. The minimum Gasteiger partial charge on any atom is -0.550 e. The number of hydrogen-bond donors (Lipinski definition) is 1. The topological polar surface area (TPSA) is 69.2 Å². The van der Waals surface area contributed by atoms with Gasteiger partial charge in [-0.05, 0) is 12.3 Å². The van der Waals surface area contributed by atoms with Crippen molar-refractivity contribution in [3.05, 3.63) is 0 Å². The number of carbonyl (C=O) groups excluding carboxylic acids is 2. The lowest BCUT2D eigenvalue weighted by atomic mass is 9.83. The summed E-state index contributed by atoms with van der Waals surface area (Å²) in [5.74, 6) is -2.23. The Labute approximate surface area is 192 Å². The predicted octanol–water partition coefficient (Wildman–Crippen LogP) is 4.54. The minimum atomic E-state index is -1.09. The van der Waals surface area contributed by atoms with E-state index in [9.17, 15) is 14.7 Å². The number of nitrogens with zero attached hydrogens (tertiary/aromatic N) is 1. The summed E-state index contributed by atoms with van der Waals surface area (Å²) in [7, 11) is 6.35. The molecule has 0 rings (SSSR count). The Morgan fingerprint density at radius 3 is 1.84 bits per heavy atom. The van der Waals surface area contributed by atoms with Gasteiger partial charge in [0, 0.05) is 30.8 Å². The number of hydrogen-bond acceptors (Lipinski definition) is 3. The van der Waals surface area contributed by atoms with Crippen molar-refractivity contribution in [1.29, 1.82) is 0 Å². The van der Waals surface area contributed by atoms with E-state index in [1.807, 2.05) is 0 Å². The minimum absolute atomic E-state index is 0.165. The number of unbranched alkanes of at least 4 members (excludes halogenated alkanes) is 9. The lowest BCUT2D eigenvalue weighted by Crippen LogP contribution is -2.43. The second-order valence-electron chi connectivity index (χ2n) is 10.7. The van der Waals surface area contributed by atoms with Crippen LogP contribution in [0.5, 0.6) is 0 Å². The number of carboxylic acids is 1. The van der Waals surface area contributed by atoms with Gasteiger partial charge in [-0.2, -0.15) is 0 Å². The fourth-order valence-electron chi connectivity index (χ4n) is 4.14. The van der Waals surface area contributed by atoms with E-state index in [2.05, 4.69) is 40.3 Å². The van der Waals surface area contributed by atoms with Crippen LogP contribution in [0.3, 0.4) is 0 Å². The highest BCUT2D eigenvalue weighted by molar-refractivity contribution is 5.83. The summed E-state index contributed by atoms with van der Waals surface area (Å²) >= 11 is 0. The quantitative estimate of drug-likeness (QED) is 0.223. The molecule has 0 aliphatic rings. The number of amides is 1. The average Bonchev–Trinajstić information content (AvgIpc) is 2.69. The van der Waals surface area contributed by atoms with Crippen molar-refractivity contribution in [2.24, 2.45) is 17.8 Å². The summed E-state index contributed by atoms with van der Waals surface area (Å²) in [6.45, 7) is 7.64. The molecule has 0 spiro atoms. The third-order valence-electron chi connectivity index (χ3n) is 6.33. The Morgan fingerprint density at radius 1 is 0.839 bits per heavy atom. The highest BCUT2D eigenvalue weighted by atomic mass is 16.4. The highest BCUT2D eigenvalue weighted by Gasteiger charge is 2.26. The van der Waals surface area contributed by atoms with Crippen molar-refractivity contribution >= 4 is 11.9 Å². The molecule has 0 fully saturated rings. The van der Waals surface area contributed by atoms with Crippen molar-refractivity contribution in [3.8, 4) is 0 Å². The van der Waals surface area contributed by atoms with Crippen molar-refractivity contribution in [1.82, 2.24) is 5.32 Å². The Balaban J connectivity index is 4.07. The van der Waals surface area contributed by atoms with Crippen LogP contribution >= 0.6 is 0 Å². The molecule has 31 heavy (non-hydrogen) atoms. The van der Waals surface area contributed by atoms with Gasteiger partial charge in [-0.15, -0.1) is 0 Å². The van der Waals surface area contributed by atoms with E-state index in [1.54, 1.807) is 6.92 Å². The van der Waals surface area contributed by atoms with Gasteiger partial charge in [-0.1, -0.05) is 91.4 Å². The third-order valence-corrected chi connectivity index (χ3v) is 6.33. The zero-order valence-corrected chi connectivity index (χ0v) is 21.5. The van der Waals surface area contributed by atoms with Crippen LogP contribution in [0.1, 0.15) is 104 Å². The van der Waals surface area contributed by atoms with Crippen LogP contribution in [-0.2, 0) is 9.59 Å². The highest BCUT2D eigenvalue weighted by Crippen LogP contribution is 2.24. The molecule has 1 amide bonds. The molecule has 0 radical (unpaired) electrons. The van der Waals surface area contributed by atoms with Gasteiger partial charge in [-0.25, -0.2) is 0 Å². The van der Waals surface area contributed by atoms with Crippen LogP contribution in [0.25, 0.3) is 0 Å². The summed E-state index contributed by atoms with van der Waals surface area (Å²) < 4.78 is 0.851. The maximum atomic E-state index is 12.4. The molecule has 5 heteroatoms. The summed E-state index contributed by atoms with van der Waals surface area (Å²) in [6, 6.07) is 0. The van der Waals surface area contributed by atoms with E-state index in [0.29, 0.717) is 18.9 Å². The smallest absolute Gasteiger partial charge is 0.223 e. The lowest BCUT2D eigenvalue weighted by molar-refractivity contribution is -0.870. The number of nitrogens with one attached hydrogen (secondary N) is 1. The molecule has 184 valence electrons. The second-order valence-corrected chi connectivity index (χ2v) is 10.7. The molecular formula is C26H52N2O3. The maximum absolute atomic E-state index is 12.4. The van der Waals surface area contributed by atoms with E-state index in [-0.39, 0.29) is 5.91 Å². The first-order chi connectivity index (χ1) is 14.6. The van der Waals surface area contributed by atoms with Gasteiger partial charge in [0.1, 0.15) is 0 Å². The second kappa shape index (κ2) is 17.5. The van der Waals surface area contributed by atoms with E-state index < -0.39 is 17.8 Å². The molecule has 0 aliphatic heterocycles. The van der Waals surface area contributed by atoms with Gasteiger partial charge >= 0.3 is 0 Å². The third kappa shape index (κ3) is 17.2. The van der Waals surface area contributed by atoms with Gasteiger partial charge in [0.05, 0.1) is 27.7 Å². The van der Waals surface area contributed by atoms with E-state index in [4.69, 9.17) is 0 Å². The number of carbonyl (C=O) groups is 2. The normalized spacial score (nSPS) is 14.8. The molecule has 1 N–H and O–H groups in total. The standard InChI is InChI=1S/C26H52N2O3/c1-7-8-9-10-11-12-13-14-15-16-18-22(2)21-24(26(30)31)23(3)25(29)27-19-17-20-28(4,5)6/h22-24H,7-21H2,1-6H3,(H-,27,29,30,31). The Hall–Kier alpha value is -1.10. The van der Waals surface area contributed by atoms with Crippen LogP contribution < -0.4 is 10.4 Å². The number of aliphatic carboxylic acids is 1. The number of rotatable bonds is 20. The Morgan fingerprint density at radius 2 is 1.35 bits per heavy atom. The van der Waals surface area contributed by atoms with Crippen LogP contribution in [0.15, 0.2) is 0 Å². The van der Waals surface area contributed by atoms with Gasteiger partial charge in [0.2, 0.25) is 5.91 Å². The molecule has 0 aromatic rings. The van der Waals surface area contributed by atoms with Gasteiger partial charge < -0.3 is 19.7 Å². The van der Waals surface area contributed by atoms with Crippen molar-refractivity contribution in [2.45, 2.75) is 104 Å². The van der Waals surface area contributed by atoms with Crippen molar-refractivity contribution in [2.75, 3.05) is 34.2 Å². The maximum Gasteiger partial charge on any atom is 0.223 e. The molecule has 5 nitrogen and oxygen atoms in total. The Bertz CT molecular complexity index is 474. The van der Waals surface area contributed by atoms with E-state index in [0.717, 1.165) is 30.3 Å². The van der Waals surface area contributed by atoms with Crippen LogP contribution in [0.4, 0.5) is 0 Å². The van der Waals surface area contributed by atoms with Gasteiger partial charge in [0.25, 0.3) is 0 Å².